The van der Waals surface area contributed by atoms with Crippen LogP contribution >= 0.6 is 0 Å². The van der Waals surface area contributed by atoms with E-state index >= 15 is 0 Å². The van der Waals surface area contributed by atoms with Gasteiger partial charge in [0.15, 0.2) is 0 Å². The Bertz CT molecular complexity index is 1480. The minimum Gasteiger partial charge on any atom is -0.493 e. The van der Waals surface area contributed by atoms with Gasteiger partial charge in [0, 0.05) is 16.3 Å². The zero-order valence-corrected chi connectivity index (χ0v) is 18.7. The molecule has 2 N–H and O–H groups in total. The van der Waals surface area contributed by atoms with E-state index in [1.54, 1.807) is 0 Å². The molecule has 0 unspecified atom stereocenters. The van der Waals surface area contributed by atoms with Crippen molar-refractivity contribution in [3.63, 3.8) is 0 Å². The number of H-pyrrole nitrogens is 1. The van der Waals surface area contributed by atoms with Crippen LogP contribution in [0.25, 0.3) is 33.8 Å². The second kappa shape index (κ2) is 9.67. The molecule has 0 amide bonds. The summed E-state index contributed by atoms with van der Waals surface area (Å²) in [5.74, 6) is -0.0913. The minimum absolute atomic E-state index is 0.254. The number of benzene rings is 4. The van der Waals surface area contributed by atoms with E-state index in [1.165, 1.54) is 0 Å². The van der Waals surface area contributed by atoms with Crippen molar-refractivity contribution in [2.24, 2.45) is 0 Å². The fourth-order valence-corrected chi connectivity index (χ4v) is 4.32. The summed E-state index contributed by atoms with van der Waals surface area (Å²) >= 11 is 0. The van der Waals surface area contributed by atoms with Crippen LogP contribution < -0.4 is 4.74 Å². The van der Waals surface area contributed by atoms with Crippen LogP contribution in [-0.2, 0) is 6.42 Å². The second-order valence-electron chi connectivity index (χ2n) is 8.26. The first-order valence-corrected chi connectivity index (χ1v) is 11.4. The van der Waals surface area contributed by atoms with Crippen LogP contribution in [0.15, 0.2) is 91.0 Å². The van der Waals surface area contributed by atoms with Crippen molar-refractivity contribution in [3.05, 3.63) is 113 Å². The molecule has 5 aromatic rings. The van der Waals surface area contributed by atoms with Crippen molar-refractivity contribution >= 4 is 39.8 Å². The van der Waals surface area contributed by atoms with Crippen molar-refractivity contribution in [2.75, 3.05) is 6.61 Å². The third-order valence-electron chi connectivity index (χ3n) is 5.99. The quantitative estimate of drug-likeness (QED) is 0.195. The Kier molecular flexibility index (Phi) is 6.13. The van der Waals surface area contributed by atoms with E-state index < -0.39 is 5.97 Å². The highest BCUT2D eigenvalue weighted by Gasteiger charge is 2.17. The number of aryl methyl sites for hydroxylation is 1. The second-order valence-corrected chi connectivity index (χ2v) is 8.26. The molecule has 1 aromatic heterocycles. The lowest BCUT2D eigenvalue weighted by Gasteiger charge is -2.09. The number of nitrogens with one attached hydrogen (secondary N) is 1. The molecule has 4 nitrogen and oxygen atoms in total. The van der Waals surface area contributed by atoms with Crippen molar-refractivity contribution in [2.45, 2.75) is 12.8 Å². The Labute approximate surface area is 198 Å². The Morgan fingerprint density at radius 3 is 2.44 bits per heavy atom. The maximum atomic E-state index is 11.9. The molecule has 0 fully saturated rings. The number of carbonyl (C=O) groups is 1. The van der Waals surface area contributed by atoms with Gasteiger partial charge in [0.05, 0.1) is 6.61 Å². The molecular formula is C30H25NO3. The third kappa shape index (κ3) is 4.57. The number of aromatic amines is 1. The topological polar surface area (TPSA) is 62.3 Å². The maximum Gasteiger partial charge on any atom is 0.352 e. The normalized spacial score (nSPS) is 11.4. The molecule has 0 saturated carbocycles. The van der Waals surface area contributed by atoms with E-state index in [0.29, 0.717) is 19.4 Å². The minimum atomic E-state index is -0.942. The molecule has 4 aromatic carbocycles. The first-order valence-electron chi connectivity index (χ1n) is 11.4. The predicted molar refractivity (Wildman–Crippen MR) is 138 cm³/mol. The summed E-state index contributed by atoms with van der Waals surface area (Å²) in [7, 11) is 0. The molecule has 0 saturated heterocycles. The third-order valence-corrected chi connectivity index (χ3v) is 5.99. The number of rotatable bonds is 8. The van der Waals surface area contributed by atoms with Crippen LogP contribution in [0.5, 0.6) is 5.75 Å². The van der Waals surface area contributed by atoms with Gasteiger partial charge < -0.3 is 14.8 Å². The van der Waals surface area contributed by atoms with E-state index in [1.807, 2.05) is 54.6 Å². The molecule has 0 aliphatic rings. The summed E-state index contributed by atoms with van der Waals surface area (Å²) in [4.78, 5) is 15.0. The van der Waals surface area contributed by atoms with Crippen LogP contribution in [0.3, 0.4) is 0 Å². The lowest BCUT2D eigenvalue weighted by molar-refractivity contribution is 0.0690. The van der Waals surface area contributed by atoms with Gasteiger partial charge in [-0.2, -0.15) is 0 Å². The molecule has 5 rings (SSSR count). The van der Waals surface area contributed by atoms with E-state index in [9.17, 15) is 9.90 Å². The summed E-state index contributed by atoms with van der Waals surface area (Å²) in [6.07, 6.45) is 5.43. The zero-order valence-electron chi connectivity index (χ0n) is 18.7. The molecule has 0 bridgehead atoms. The highest BCUT2D eigenvalue weighted by Crippen LogP contribution is 2.28. The van der Waals surface area contributed by atoms with Gasteiger partial charge >= 0.3 is 5.97 Å². The van der Waals surface area contributed by atoms with Crippen LogP contribution in [0.4, 0.5) is 0 Å². The van der Waals surface area contributed by atoms with E-state index in [4.69, 9.17) is 4.74 Å². The Morgan fingerprint density at radius 1 is 0.824 bits per heavy atom. The van der Waals surface area contributed by atoms with Gasteiger partial charge in [-0.15, -0.1) is 0 Å². The molecular weight excluding hydrogens is 422 g/mol. The fraction of sp³-hybridized carbons (Fsp3) is 0.100. The molecule has 0 spiro atoms. The fourth-order valence-electron chi connectivity index (χ4n) is 4.32. The first-order chi connectivity index (χ1) is 16.7. The summed E-state index contributed by atoms with van der Waals surface area (Å²) < 4.78 is 6.07. The predicted octanol–water partition coefficient (Wildman–Crippen LogP) is 7.20. The highest BCUT2D eigenvalue weighted by molar-refractivity contribution is 5.98. The molecule has 168 valence electrons. The lowest BCUT2D eigenvalue weighted by atomic mass is 10.0. The van der Waals surface area contributed by atoms with Gasteiger partial charge in [-0.3, -0.25) is 0 Å². The van der Waals surface area contributed by atoms with Crippen molar-refractivity contribution in [1.82, 2.24) is 4.98 Å². The van der Waals surface area contributed by atoms with E-state index in [-0.39, 0.29) is 5.69 Å². The van der Waals surface area contributed by atoms with E-state index in [0.717, 1.165) is 44.1 Å². The largest absolute Gasteiger partial charge is 0.493 e. The monoisotopic (exact) mass is 447 g/mol. The van der Waals surface area contributed by atoms with Crippen molar-refractivity contribution in [1.29, 1.82) is 0 Å². The van der Waals surface area contributed by atoms with Crippen LogP contribution in [0.1, 0.15) is 33.6 Å². The van der Waals surface area contributed by atoms with Crippen molar-refractivity contribution < 1.29 is 14.6 Å². The molecule has 0 aliphatic heterocycles. The number of carboxylic acid groups (broad SMARTS) is 1. The summed E-state index contributed by atoms with van der Waals surface area (Å²) in [6, 6.07) is 30.3. The van der Waals surface area contributed by atoms with Gasteiger partial charge in [-0.25, -0.2) is 4.79 Å². The lowest BCUT2D eigenvalue weighted by Crippen LogP contribution is -2.04. The molecule has 0 aliphatic carbocycles. The standard InChI is InChI=1S/C30H25NO3/c32-30(33)29-25(13-7-19-34-28-14-6-11-23-10-4-5-12-24(23)28)26-20-22(17-18-27(26)31-29)16-15-21-8-2-1-3-9-21/h1-6,8-12,14-18,20,31H,7,13,19H2,(H,32,33). The zero-order chi connectivity index (χ0) is 23.3. The average molecular weight is 448 g/mol. The summed E-state index contributed by atoms with van der Waals surface area (Å²) in [6.45, 7) is 0.507. The van der Waals surface area contributed by atoms with Crippen LogP contribution in [0.2, 0.25) is 0 Å². The average Bonchev–Trinajstić information content (AvgIpc) is 3.24. The highest BCUT2D eigenvalue weighted by atomic mass is 16.5. The Morgan fingerprint density at radius 2 is 1.59 bits per heavy atom. The van der Waals surface area contributed by atoms with Gasteiger partial charge in [0.1, 0.15) is 11.4 Å². The van der Waals surface area contributed by atoms with Gasteiger partial charge in [-0.05, 0) is 53.1 Å². The van der Waals surface area contributed by atoms with Gasteiger partial charge in [-0.1, -0.05) is 84.9 Å². The summed E-state index contributed by atoms with van der Waals surface area (Å²) in [5, 5.41) is 12.9. The number of hydrogen-bond donors (Lipinski definition) is 2. The number of aromatic nitrogens is 1. The van der Waals surface area contributed by atoms with Crippen molar-refractivity contribution in [3.8, 4) is 5.75 Å². The van der Waals surface area contributed by atoms with Gasteiger partial charge in [0.25, 0.3) is 0 Å². The Hall–Kier alpha value is -4.31. The molecule has 4 heteroatoms. The number of aromatic carboxylic acids is 1. The molecule has 0 atom stereocenters. The van der Waals surface area contributed by atoms with Gasteiger partial charge in [0.2, 0.25) is 0 Å². The van der Waals surface area contributed by atoms with E-state index in [2.05, 4.69) is 53.5 Å². The van der Waals surface area contributed by atoms with Crippen LogP contribution in [0, 0.1) is 0 Å². The number of carboxylic acids is 1. The molecule has 0 radical (unpaired) electrons. The number of ether oxygens (including phenoxy) is 1. The number of hydrogen-bond acceptors (Lipinski definition) is 2. The molecule has 34 heavy (non-hydrogen) atoms. The Balaban J connectivity index is 1.35. The van der Waals surface area contributed by atoms with Crippen LogP contribution in [-0.4, -0.2) is 22.7 Å². The smallest absolute Gasteiger partial charge is 0.352 e. The summed E-state index contributed by atoms with van der Waals surface area (Å²) in [5.41, 5.74) is 4.05. The maximum absolute atomic E-state index is 11.9. The molecule has 1 heterocycles. The SMILES string of the molecule is O=C(O)c1[nH]c2ccc(C=Cc3ccccc3)cc2c1CCCOc1cccc2ccccc12. The number of fused-ring (bicyclic) bond motifs is 2. The first kappa shape index (κ1) is 21.5.